The van der Waals surface area contributed by atoms with Crippen molar-refractivity contribution >= 4 is 22.5 Å². The van der Waals surface area contributed by atoms with Gasteiger partial charge >= 0.3 is 0 Å². The molecule has 1 amide bonds. The van der Waals surface area contributed by atoms with Crippen LogP contribution in [0.1, 0.15) is 27.9 Å². The van der Waals surface area contributed by atoms with Crippen LogP contribution in [0.25, 0.3) is 10.9 Å². The first kappa shape index (κ1) is 16.2. The summed E-state index contributed by atoms with van der Waals surface area (Å²) in [6.07, 6.45) is 0.336. The van der Waals surface area contributed by atoms with Gasteiger partial charge in [-0.25, -0.2) is 0 Å². The molecule has 2 aromatic carbocycles. The van der Waals surface area contributed by atoms with Crippen molar-refractivity contribution in [3.63, 3.8) is 0 Å². The number of para-hydroxylation sites is 1. The summed E-state index contributed by atoms with van der Waals surface area (Å²) in [5.74, 6) is -0.00742. The molecule has 0 unspecified atom stereocenters. The number of nitrogens with zero attached hydrogens (tertiary/aromatic N) is 1. The second-order valence-electron chi connectivity index (χ2n) is 6.36. The molecule has 0 aliphatic heterocycles. The van der Waals surface area contributed by atoms with Gasteiger partial charge in [0.05, 0.1) is 11.9 Å². The Morgan fingerprint density at radius 2 is 1.79 bits per heavy atom. The second kappa shape index (κ2) is 6.44. The number of aromatic nitrogens is 1. The lowest BCUT2D eigenvalue weighted by molar-refractivity contribution is -0.115. The molecule has 0 fully saturated rings. The van der Waals surface area contributed by atoms with Crippen LogP contribution in [0.4, 0.5) is 5.69 Å². The molecule has 3 nitrogen and oxygen atoms in total. The molecule has 0 spiro atoms. The Morgan fingerprint density at radius 3 is 2.58 bits per heavy atom. The van der Waals surface area contributed by atoms with Gasteiger partial charge < -0.3 is 5.32 Å². The first-order valence-corrected chi connectivity index (χ1v) is 8.17. The summed E-state index contributed by atoms with van der Waals surface area (Å²) in [6, 6.07) is 14.1. The SMILES string of the molecule is Cc1ccc(C)c(NC(=O)Cc2c(C)nc3ccccc3c2C)c1. The number of carbonyl (C=O) groups is 1. The normalized spacial score (nSPS) is 10.8. The predicted octanol–water partition coefficient (Wildman–Crippen LogP) is 4.65. The maximum Gasteiger partial charge on any atom is 0.228 e. The second-order valence-corrected chi connectivity index (χ2v) is 6.36. The van der Waals surface area contributed by atoms with Gasteiger partial charge in [-0.2, -0.15) is 0 Å². The van der Waals surface area contributed by atoms with Crippen LogP contribution in [-0.4, -0.2) is 10.9 Å². The van der Waals surface area contributed by atoms with Gasteiger partial charge in [0.1, 0.15) is 0 Å². The average Bonchev–Trinajstić information content (AvgIpc) is 2.55. The Morgan fingerprint density at radius 1 is 1.04 bits per heavy atom. The van der Waals surface area contributed by atoms with E-state index in [4.69, 9.17) is 0 Å². The highest BCUT2D eigenvalue weighted by molar-refractivity contribution is 5.94. The number of hydrogen-bond donors (Lipinski definition) is 1. The minimum absolute atomic E-state index is 0.00742. The highest BCUT2D eigenvalue weighted by Gasteiger charge is 2.13. The van der Waals surface area contributed by atoms with Crippen LogP contribution in [0.15, 0.2) is 42.5 Å². The molecule has 3 rings (SSSR count). The van der Waals surface area contributed by atoms with Crippen molar-refractivity contribution < 1.29 is 4.79 Å². The van der Waals surface area contributed by atoms with E-state index in [-0.39, 0.29) is 5.91 Å². The molecular weight excluding hydrogens is 296 g/mol. The van der Waals surface area contributed by atoms with Crippen molar-refractivity contribution in [1.82, 2.24) is 4.98 Å². The van der Waals surface area contributed by atoms with Gasteiger partial charge in [0.15, 0.2) is 0 Å². The lowest BCUT2D eigenvalue weighted by atomic mass is 9.99. The molecular formula is C21H22N2O. The Balaban J connectivity index is 1.89. The molecule has 0 aliphatic rings. The first-order valence-electron chi connectivity index (χ1n) is 8.17. The Hall–Kier alpha value is -2.68. The number of pyridine rings is 1. The quantitative estimate of drug-likeness (QED) is 0.764. The zero-order chi connectivity index (χ0) is 17.3. The van der Waals surface area contributed by atoms with Gasteiger partial charge in [0.25, 0.3) is 0 Å². The summed E-state index contributed by atoms with van der Waals surface area (Å²) >= 11 is 0. The third-order valence-corrected chi connectivity index (χ3v) is 4.49. The summed E-state index contributed by atoms with van der Waals surface area (Å²) in [5, 5.41) is 4.14. The first-order chi connectivity index (χ1) is 11.5. The van der Waals surface area contributed by atoms with E-state index in [1.54, 1.807) is 0 Å². The molecule has 3 aromatic rings. The summed E-state index contributed by atoms with van der Waals surface area (Å²) in [7, 11) is 0. The van der Waals surface area contributed by atoms with E-state index in [1.165, 1.54) is 0 Å². The molecule has 122 valence electrons. The third-order valence-electron chi connectivity index (χ3n) is 4.49. The number of amides is 1. The Bertz CT molecular complexity index is 929. The molecule has 0 saturated carbocycles. The molecule has 0 bridgehead atoms. The number of aryl methyl sites for hydroxylation is 4. The number of benzene rings is 2. The predicted molar refractivity (Wildman–Crippen MR) is 99.5 cm³/mol. The molecule has 0 atom stereocenters. The number of hydrogen-bond acceptors (Lipinski definition) is 2. The summed E-state index contributed by atoms with van der Waals surface area (Å²) in [5.41, 5.74) is 7.12. The minimum Gasteiger partial charge on any atom is -0.326 e. The number of rotatable bonds is 3. The third kappa shape index (κ3) is 3.16. The fraction of sp³-hybridized carbons (Fsp3) is 0.238. The van der Waals surface area contributed by atoms with Crippen LogP contribution >= 0.6 is 0 Å². The topological polar surface area (TPSA) is 42.0 Å². The van der Waals surface area contributed by atoms with Crippen molar-refractivity contribution in [2.45, 2.75) is 34.1 Å². The van der Waals surface area contributed by atoms with E-state index < -0.39 is 0 Å². The van der Waals surface area contributed by atoms with Crippen LogP contribution < -0.4 is 5.32 Å². The molecule has 1 N–H and O–H groups in total. The average molecular weight is 318 g/mol. The molecule has 1 aromatic heterocycles. The lowest BCUT2D eigenvalue weighted by Crippen LogP contribution is -2.17. The highest BCUT2D eigenvalue weighted by Crippen LogP contribution is 2.23. The minimum atomic E-state index is -0.00742. The standard InChI is InChI=1S/C21H22N2O/c1-13-9-10-14(2)20(11-13)23-21(24)12-18-15(3)17-7-5-6-8-19(17)22-16(18)4/h5-11H,12H2,1-4H3,(H,23,24). The monoisotopic (exact) mass is 318 g/mol. The largest absolute Gasteiger partial charge is 0.326 e. The van der Waals surface area contributed by atoms with Crippen molar-refractivity contribution in [3.8, 4) is 0 Å². The summed E-state index contributed by atoms with van der Waals surface area (Å²) in [4.78, 5) is 17.2. The van der Waals surface area contributed by atoms with Gasteiger partial charge in [-0.15, -0.1) is 0 Å². The van der Waals surface area contributed by atoms with E-state index in [9.17, 15) is 4.79 Å². The number of anilines is 1. The van der Waals surface area contributed by atoms with Crippen molar-refractivity contribution in [2.75, 3.05) is 5.32 Å². The number of fused-ring (bicyclic) bond motifs is 1. The fourth-order valence-corrected chi connectivity index (χ4v) is 3.06. The molecule has 0 saturated heterocycles. The van der Waals surface area contributed by atoms with E-state index in [0.717, 1.165) is 44.5 Å². The van der Waals surface area contributed by atoms with Crippen molar-refractivity contribution in [3.05, 3.63) is 70.4 Å². The maximum atomic E-state index is 12.5. The van der Waals surface area contributed by atoms with Gasteiger partial charge in [-0.05, 0) is 62.1 Å². The lowest BCUT2D eigenvalue weighted by Gasteiger charge is -2.14. The van der Waals surface area contributed by atoms with E-state index in [2.05, 4.69) is 23.3 Å². The van der Waals surface area contributed by atoms with Crippen LogP contribution in [-0.2, 0) is 11.2 Å². The zero-order valence-electron chi connectivity index (χ0n) is 14.6. The summed E-state index contributed by atoms with van der Waals surface area (Å²) < 4.78 is 0. The summed E-state index contributed by atoms with van der Waals surface area (Å²) in [6.45, 7) is 8.07. The highest BCUT2D eigenvalue weighted by atomic mass is 16.1. The molecule has 3 heteroatoms. The van der Waals surface area contributed by atoms with Gasteiger partial charge in [0.2, 0.25) is 5.91 Å². The molecule has 24 heavy (non-hydrogen) atoms. The number of carbonyl (C=O) groups excluding carboxylic acids is 1. The number of nitrogens with one attached hydrogen (secondary N) is 1. The van der Waals surface area contributed by atoms with E-state index >= 15 is 0 Å². The Kier molecular flexibility index (Phi) is 4.34. The van der Waals surface area contributed by atoms with Crippen LogP contribution in [0, 0.1) is 27.7 Å². The van der Waals surface area contributed by atoms with Gasteiger partial charge in [0, 0.05) is 16.8 Å². The van der Waals surface area contributed by atoms with Gasteiger partial charge in [-0.1, -0.05) is 30.3 Å². The Labute approximate surface area is 142 Å². The molecule has 1 heterocycles. The smallest absolute Gasteiger partial charge is 0.228 e. The van der Waals surface area contributed by atoms with Crippen molar-refractivity contribution in [2.24, 2.45) is 0 Å². The molecule has 0 radical (unpaired) electrons. The van der Waals surface area contributed by atoms with Crippen molar-refractivity contribution in [1.29, 1.82) is 0 Å². The van der Waals surface area contributed by atoms with E-state index in [1.807, 2.05) is 57.2 Å². The van der Waals surface area contributed by atoms with E-state index in [0.29, 0.717) is 6.42 Å². The van der Waals surface area contributed by atoms with Crippen LogP contribution in [0.2, 0.25) is 0 Å². The zero-order valence-corrected chi connectivity index (χ0v) is 14.6. The van der Waals surface area contributed by atoms with Crippen LogP contribution in [0.3, 0.4) is 0 Å². The van der Waals surface area contributed by atoms with Crippen LogP contribution in [0.5, 0.6) is 0 Å². The van der Waals surface area contributed by atoms with Gasteiger partial charge in [-0.3, -0.25) is 9.78 Å². The fourth-order valence-electron chi connectivity index (χ4n) is 3.06. The maximum absolute atomic E-state index is 12.5. The molecule has 0 aliphatic carbocycles.